The van der Waals surface area contributed by atoms with E-state index < -0.39 is 4.92 Å². The Hall–Kier alpha value is -3.40. The average Bonchev–Trinajstić information content (AvgIpc) is 2.85. The zero-order chi connectivity index (χ0) is 24.1. The van der Waals surface area contributed by atoms with E-state index in [2.05, 4.69) is 21.4 Å². The molecule has 4 rings (SSSR count). The third-order valence-corrected chi connectivity index (χ3v) is 6.32. The van der Waals surface area contributed by atoms with Gasteiger partial charge in [0.15, 0.2) is 0 Å². The van der Waals surface area contributed by atoms with Crippen LogP contribution in [0.3, 0.4) is 0 Å². The van der Waals surface area contributed by atoms with Gasteiger partial charge in [-0.2, -0.15) is 0 Å². The van der Waals surface area contributed by atoms with Crippen molar-refractivity contribution in [3.8, 4) is 0 Å². The molecule has 1 saturated heterocycles. The Morgan fingerprint density at radius 1 is 1.24 bits per heavy atom. The molecule has 1 amide bonds. The van der Waals surface area contributed by atoms with Crippen LogP contribution in [-0.2, 0) is 4.74 Å². The predicted octanol–water partition coefficient (Wildman–Crippen LogP) is 4.36. The molecule has 10 nitrogen and oxygen atoms in total. The minimum Gasteiger partial charge on any atom is -0.450 e. The molecule has 0 saturated carbocycles. The second kappa shape index (κ2) is 10.7. The predicted molar refractivity (Wildman–Crippen MR) is 130 cm³/mol. The van der Waals surface area contributed by atoms with Gasteiger partial charge in [0.25, 0.3) is 0 Å². The molecule has 1 N–H and O–H groups in total. The topological polar surface area (TPSA) is 114 Å². The van der Waals surface area contributed by atoms with Crippen molar-refractivity contribution in [1.82, 2.24) is 14.9 Å². The first-order valence-electron chi connectivity index (χ1n) is 11.3. The molecule has 2 aromatic rings. The number of piperidine rings is 1. The number of halogens is 1. The third kappa shape index (κ3) is 5.39. The third-order valence-electron chi connectivity index (χ3n) is 6.07. The summed E-state index contributed by atoms with van der Waals surface area (Å²) >= 11 is 5.98. The maximum Gasteiger partial charge on any atom is 0.409 e. The van der Waals surface area contributed by atoms with Crippen molar-refractivity contribution in [3.63, 3.8) is 0 Å². The molecule has 3 heterocycles. The summed E-state index contributed by atoms with van der Waals surface area (Å²) in [5.74, 6) is 0.509. The van der Waals surface area contributed by atoms with Gasteiger partial charge in [-0.05, 0) is 49.5 Å². The molecule has 2 aliphatic heterocycles. The lowest BCUT2D eigenvalue weighted by Gasteiger charge is -2.32. The van der Waals surface area contributed by atoms with E-state index in [0.717, 1.165) is 12.0 Å². The Morgan fingerprint density at radius 3 is 2.59 bits per heavy atom. The number of nitro groups is 1. The fourth-order valence-corrected chi connectivity index (χ4v) is 4.40. The molecule has 0 atom stereocenters. The molecule has 1 fully saturated rings. The second-order valence-corrected chi connectivity index (χ2v) is 8.62. The lowest BCUT2D eigenvalue weighted by atomic mass is 9.99. The van der Waals surface area contributed by atoms with E-state index >= 15 is 0 Å². The van der Waals surface area contributed by atoms with Crippen molar-refractivity contribution in [3.05, 3.63) is 57.4 Å². The first kappa shape index (κ1) is 23.7. The minimum absolute atomic E-state index is 0.0371. The Morgan fingerprint density at radius 2 is 1.97 bits per heavy atom. The summed E-state index contributed by atoms with van der Waals surface area (Å²) in [6.07, 6.45) is 5.12. The highest BCUT2D eigenvalue weighted by Gasteiger charge is 2.31. The Bertz CT molecular complexity index is 1070. The van der Waals surface area contributed by atoms with Crippen molar-refractivity contribution < 1.29 is 14.5 Å². The van der Waals surface area contributed by atoms with E-state index in [-0.39, 0.29) is 23.6 Å². The number of amides is 1. The molecule has 180 valence electrons. The van der Waals surface area contributed by atoms with Crippen LogP contribution in [0.1, 0.15) is 31.7 Å². The van der Waals surface area contributed by atoms with E-state index in [1.165, 1.54) is 11.9 Å². The first-order chi connectivity index (χ1) is 16.5. The maximum atomic E-state index is 12.0. The summed E-state index contributed by atoms with van der Waals surface area (Å²) < 4.78 is 5.05. The number of hydrogen-bond acceptors (Lipinski definition) is 8. The number of anilines is 2. The lowest BCUT2D eigenvalue weighted by Crippen LogP contribution is -2.42. The first-order valence-corrected chi connectivity index (χ1v) is 11.7. The van der Waals surface area contributed by atoms with Crippen LogP contribution >= 0.6 is 11.6 Å². The number of nitrogens with zero attached hydrogens (tertiary/aromatic N) is 5. The zero-order valence-electron chi connectivity index (χ0n) is 18.9. The number of aromatic nitrogens is 2. The summed E-state index contributed by atoms with van der Waals surface area (Å²) in [5, 5.41) is 15.9. The van der Waals surface area contributed by atoms with Gasteiger partial charge in [0, 0.05) is 37.2 Å². The molecular formula is C23H27ClN6O4. The molecule has 0 spiro atoms. The zero-order valence-corrected chi connectivity index (χ0v) is 19.7. The minimum atomic E-state index is -0.427. The molecular weight excluding hydrogens is 460 g/mol. The highest BCUT2D eigenvalue weighted by Crippen LogP contribution is 2.35. The number of likely N-dealkylation sites (tertiary alicyclic amines) is 1. The number of nitrogens with one attached hydrogen (secondary N) is 1. The van der Waals surface area contributed by atoms with E-state index in [4.69, 9.17) is 16.3 Å². The summed E-state index contributed by atoms with van der Waals surface area (Å²) in [7, 11) is 0. The van der Waals surface area contributed by atoms with E-state index in [1.54, 1.807) is 11.8 Å². The highest BCUT2D eigenvalue weighted by atomic mass is 35.5. The SMILES string of the molecule is CCOC(=O)N1CCC(Nc2ncnc(N3CC=C(c4ccc(Cl)cc4)CC3)c2[N+](=O)[O-])CC1. The molecule has 34 heavy (non-hydrogen) atoms. The van der Waals surface area contributed by atoms with Gasteiger partial charge < -0.3 is 19.9 Å². The highest BCUT2D eigenvalue weighted by molar-refractivity contribution is 6.30. The van der Waals surface area contributed by atoms with E-state index in [0.29, 0.717) is 56.5 Å². The van der Waals surface area contributed by atoms with Crippen LogP contribution in [0.5, 0.6) is 0 Å². The summed E-state index contributed by atoms with van der Waals surface area (Å²) in [6.45, 7) is 4.25. The van der Waals surface area contributed by atoms with E-state index in [1.807, 2.05) is 29.2 Å². The van der Waals surface area contributed by atoms with Gasteiger partial charge in [0.05, 0.1) is 11.5 Å². The maximum absolute atomic E-state index is 12.0. The Labute approximate surface area is 202 Å². The van der Waals surface area contributed by atoms with Crippen molar-refractivity contribution in [2.24, 2.45) is 0 Å². The fraction of sp³-hybridized carbons (Fsp3) is 0.435. The van der Waals surface area contributed by atoms with Crippen LogP contribution in [0.4, 0.5) is 22.1 Å². The fourth-order valence-electron chi connectivity index (χ4n) is 4.28. The van der Waals surface area contributed by atoms with Gasteiger partial charge in [-0.25, -0.2) is 14.8 Å². The molecule has 2 aliphatic rings. The Balaban J connectivity index is 1.46. The number of rotatable bonds is 6. The number of hydrogen-bond donors (Lipinski definition) is 1. The van der Waals surface area contributed by atoms with Gasteiger partial charge in [0.2, 0.25) is 11.6 Å². The summed E-state index contributed by atoms with van der Waals surface area (Å²) in [6, 6.07) is 7.63. The van der Waals surface area contributed by atoms with Gasteiger partial charge in [0.1, 0.15) is 6.33 Å². The number of carbonyl (C=O) groups is 1. The quantitative estimate of drug-likeness (QED) is 0.473. The van der Waals surface area contributed by atoms with Crippen LogP contribution in [0.2, 0.25) is 5.02 Å². The van der Waals surface area contributed by atoms with Crippen molar-refractivity contribution in [1.29, 1.82) is 0 Å². The number of ether oxygens (including phenoxy) is 1. The standard InChI is InChI=1S/C23H27ClN6O4/c1-2-34-23(31)29-13-9-19(10-14-29)27-21-20(30(32)33)22(26-15-25-21)28-11-7-17(8-12-28)16-3-5-18(24)6-4-16/h3-7,15,19H,2,8-14H2,1H3,(H,25,26,27). The lowest BCUT2D eigenvalue weighted by molar-refractivity contribution is -0.383. The van der Waals surface area contributed by atoms with Crippen molar-refractivity contribution >= 4 is 40.6 Å². The van der Waals surface area contributed by atoms with Crippen LogP contribution in [0.25, 0.3) is 5.57 Å². The van der Waals surface area contributed by atoms with Crippen molar-refractivity contribution in [2.75, 3.05) is 43.0 Å². The largest absolute Gasteiger partial charge is 0.450 e. The van der Waals surface area contributed by atoms with Gasteiger partial charge in [-0.1, -0.05) is 29.8 Å². The smallest absolute Gasteiger partial charge is 0.409 e. The van der Waals surface area contributed by atoms with Crippen LogP contribution < -0.4 is 10.2 Å². The number of carbonyl (C=O) groups excluding carboxylic acids is 1. The van der Waals surface area contributed by atoms with Crippen molar-refractivity contribution in [2.45, 2.75) is 32.2 Å². The number of benzene rings is 1. The monoisotopic (exact) mass is 486 g/mol. The van der Waals surface area contributed by atoms with Crippen LogP contribution in [0.15, 0.2) is 36.7 Å². The van der Waals surface area contributed by atoms with Gasteiger partial charge in [-0.3, -0.25) is 10.1 Å². The average molecular weight is 487 g/mol. The molecule has 0 radical (unpaired) electrons. The molecule has 0 aliphatic carbocycles. The Kier molecular flexibility index (Phi) is 7.46. The van der Waals surface area contributed by atoms with Crippen LogP contribution in [-0.4, -0.2) is 64.7 Å². The summed E-state index contributed by atoms with van der Waals surface area (Å²) in [5.41, 5.74) is 2.15. The molecule has 0 unspecified atom stereocenters. The normalized spacial score (nSPS) is 16.7. The summed E-state index contributed by atoms with van der Waals surface area (Å²) in [4.78, 5) is 35.5. The second-order valence-electron chi connectivity index (χ2n) is 8.19. The van der Waals surface area contributed by atoms with Gasteiger partial charge in [-0.15, -0.1) is 0 Å². The van der Waals surface area contributed by atoms with E-state index in [9.17, 15) is 14.9 Å². The molecule has 11 heteroatoms. The van der Waals surface area contributed by atoms with Gasteiger partial charge >= 0.3 is 11.8 Å². The molecule has 1 aromatic carbocycles. The molecule has 1 aromatic heterocycles. The molecule has 0 bridgehead atoms. The van der Waals surface area contributed by atoms with Crippen LogP contribution in [0, 0.1) is 10.1 Å².